The minimum Gasteiger partial charge on any atom is -0.382 e. The van der Waals surface area contributed by atoms with Crippen molar-refractivity contribution in [2.24, 2.45) is 5.73 Å². The van der Waals surface area contributed by atoms with Crippen LogP contribution in [0.5, 0.6) is 0 Å². The van der Waals surface area contributed by atoms with Crippen LogP contribution in [0.2, 0.25) is 5.02 Å². The molecule has 6 rings (SSSR count). The van der Waals surface area contributed by atoms with Gasteiger partial charge in [-0.25, -0.2) is 9.97 Å². The number of imide groups is 1. The SMILES string of the molecule is CC1(N)CCN(c2cnc(-c3cccc(N4CCN(Cc5cccc(C6CCC(=O)NC6=O)c5)CC4)c3Cl)c(N)n2)CC1. The third kappa shape index (κ3) is 6.46. The monoisotopic (exact) mass is 602 g/mol. The summed E-state index contributed by atoms with van der Waals surface area (Å²) in [6.07, 6.45) is 4.51. The van der Waals surface area contributed by atoms with E-state index in [2.05, 4.69) is 44.1 Å². The maximum Gasteiger partial charge on any atom is 0.234 e. The van der Waals surface area contributed by atoms with Crippen molar-refractivity contribution in [2.75, 3.05) is 54.8 Å². The lowest BCUT2D eigenvalue weighted by atomic mass is 9.89. The third-order valence-electron chi connectivity index (χ3n) is 8.96. The van der Waals surface area contributed by atoms with E-state index in [4.69, 9.17) is 28.1 Å². The first-order chi connectivity index (χ1) is 20.7. The van der Waals surface area contributed by atoms with Gasteiger partial charge in [0.2, 0.25) is 11.8 Å². The number of piperidine rings is 2. The Morgan fingerprint density at radius 1 is 1.02 bits per heavy atom. The molecule has 5 N–H and O–H groups in total. The van der Waals surface area contributed by atoms with Crippen LogP contribution in [-0.4, -0.2) is 71.5 Å². The number of hydrogen-bond acceptors (Lipinski definition) is 9. The van der Waals surface area contributed by atoms with Crippen molar-refractivity contribution >= 4 is 40.7 Å². The Bertz CT molecular complexity index is 1510. The summed E-state index contributed by atoms with van der Waals surface area (Å²) in [6.45, 7) is 7.93. The predicted molar refractivity (Wildman–Crippen MR) is 170 cm³/mol. The Balaban J connectivity index is 1.10. The number of nitrogens with zero attached hydrogens (tertiary/aromatic N) is 5. The lowest BCUT2D eigenvalue weighted by Crippen LogP contribution is -2.48. The molecule has 1 aromatic heterocycles. The van der Waals surface area contributed by atoms with Gasteiger partial charge in [-0.3, -0.25) is 19.8 Å². The number of halogens is 1. The van der Waals surface area contributed by atoms with Crippen LogP contribution in [0, 0.1) is 0 Å². The molecule has 0 bridgehead atoms. The molecule has 0 spiro atoms. The lowest BCUT2D eigenvalue weighted by Gasteiger charge is -2.37. The van der Waals surface area contributed by atoms with Gasteiger partial charge in [-0.1, -0.05) is 48.0 Å². The van der Waals surface area contributed by atoms with E-state index in [0.717, 1.165) is 86.9 Å². The Morgan fingerprint density at radius 2 is 1.77 bits per heavy atom. The minimum absolute atomic E-state index is 0.141. The van der Waals surface area contributed by atoms with E-state index >= 15 is 0 Å². The molecule has 3 saturated heterocycles. The molecule has 3 aliphatic heterocycles. The average molecular weight is 603 g/mol. The molecular weight excluding hydrogens is 564 g/mol. The normalized spacial score (nSPS) is 21.1. The molecule has 10 nitrogen and oxygen atoms in total. The molecule has 3 aliphatic rings. The summed E-state index contributed by atoms with van der Waals surface area (Å²) < 4.78 is 0. The van der Waals surface area contributed by atoms with Gasteiger partial charge in [0.25, 0.3) is 0 Å². The van der Waals surface area contributed by atoms with Crippen molar-refractivity contribution in [1.82, 2.24) is 20.2 Å². The molecule has 226 valence electrons. The standard InChI is InChI=1S/C32H39ClN8O2/c1-32(35)10-12-41(13-11-32)26-19-36-29(30(34)37-26)24-6-3-7-25(28(24)33)40-16-14-39(15-17-40)20-21-4-2-5-22(18-21)23-8-9-27(42)38-31(23)43/h2-7,18-19,23H,8-17,20,35H2,1H3,(H2,34,37)(H,38,42,43). The van der Waals surface area contributed by atoms with Crippen LogP contribution in [0.1, 0.15) is 49.7 Å². The molecule has 0 aliphatic carbocycles. The van der Waals surface area contributed by atoms with Crippen molar-refractivity contribution in [3.05, 3.63) is 64.8 Å². The molecule has 2 amide bonds. The van der Waals surface area contributed by atoms with Gasteiger partial charge >= 0.3 is 0 Å². The zero-order chi connectivity index (χ0) is 30.1. The number of carbonyl (C=O) groups excluding carboxylic acids is 2. The topological polar surface area (TPSA) is 134 Å². The number of carbonyl (C=O) groups is 2. The fraction of sp³-hybridized carbons (Fsp3) is 0.438. The van der Waals surface area contributed by atoms with E-state index in [1.54, 1.807) is 6.20 Å². The number of piperazine rings is 1. The number of rotatable bonds is 6. The zero-order valence-corrected chi connectivity index (χ0v) is 25.3. The summed E-state index contributed by atoms with van der Waals surface area (Å²) in [7, 11) is 0. The molecule has 4 heterocycles. The highest BCUT2D eigenvalue weighted by atomic mass is 35.5. The fourth-order valence-electron chi connectivity index (χ4n) is 6.27. The molecule has 1 unspecified atom stereocenters. The number of anilines is 3. The summed E-state index contributed by atoms with van der Waals surface area (Å²) in [4.78, 5) is 40.2. The molecule has 3 aromatic rings. The number of nitrogen functional groups attached to an aromatic ring is 1. The summed E-state index contributed by atoms with van der Waals surface area (Å²) in [6, 6.07) is 14.2. The number of benzene rings is 2. The highest BCUT2D eigenvalue weighted by Gasteiger charge is 2.29. The average Bonchev–Trinajstić information content (AvgIpc) is 2.98. The number of nitrogens with one attached hydrogen (secondary N) is 1. The van der Waals surface area contributed by atoms with Crippen molar-refractivity contribution in [3.8, 4) is 11.3 Å². The van der Waals surface area contributed by atoms with Crippen LogP contribution >= 0.6 is 11.6 Å². The minimum atomic E-state index is -0.272. The Hall–Kier alpha value is -3.73. The van der Waals surface area contributed by atoms with Gasteiger partial charge in [-0.2, -0.15) is 0 Å². The van der Waals surface area contributed by atoms with E-state index in [0.29, 0.717) is 29.4 Å². The third-order valence-corrected chi connectivity index (χ3v) is 9.36. The van der Waals surface area contributed by atoms with Gasteiger partial charge in [0.1, 0.15) is 11.5 Å². The smallest absolute Gasteiger partial charge is 0.234 e. The first kappa shape index (κ1) is 29.3. The quantitative estimate of drug-likeness (QED) is 0.362. The second kappa shape index (κ2) is 12.1. The van der Waals surface area contributed by atoms with Gasteiger partial charge in [0.15, 0.2) is 5.82 Å². The van der Waals surface area contributed by atoms with E-state index in [-0.39, 0.29) is 23.3 Å². The van der Waals surface area contributed by atoms with E-state index in [1.807, 2.05) is 30.3 Å². The van der Waals surface area contributed by atoms with Gasteiger partial charge in [-0.05, 0) is 43.4 Å². The molecule has 43 heavy (non-hydrogen) atoms. The predicted octanol–water partition coefficient (Wildman–Crippen LogP) is 3.54. The Morgan fingerprint density at radius 3 is 2.49 bits per heavy atom. The van der Waals surface area contributed by atoms with E-state index in [1.165, 1.54) is 0 Å². The number of hydrogen-bond donors (Lipinski definition) is 3. The first-order valence-electron chi connectivity index (χ1n) is 15.0. The molecule has 0 saturated carbocycles. The van der Waals surface area contributed by atoms with Gasteiger partial charge in [0.05, 0.1) is 22.8 Å². The number of amides is 2. The molecule has 2 aromatic carbocycles. The number of nitrogens with two attached hydrogens (primary N) is 2. The summed E-state index contributed by atoms with van der Waals surface area (Å²) in [5.74, 6) is 0.464. The van der Waals surface area contributed by atoms with Crippen LogP contribution in [-0.2, 0) is 16.1 Å². The Kier molecular flexibility index (Phi) is 8.26. The summed E-state index contributed by atoms with van der Waals surface area (Å²) >= 11 is 6.99. The molecule has 11 heteroatoms. The maximum absolute atomic E-state index is 12.4. The maximum atomic E-state index is 12.4. The van der Waals surface area contributed by atoms with Crippen LogP contribution in [0.3, 0.4) is 0 Å². The van der Waals surface area contributed by atoms with Crippen LogP contribution < -0.4 is 26.6 Å². The molecule has 1 atom stereocenters. The zero-order valence-electron chi connectivity index (χ0n) is 24.6. The van der Waals surface area contributed by atoms with Gasteiger partial charge < -0.3 is 21.3 Å². The Labute approximate surface area is 257 Å². The van der Waals surface area contributed by atoms with Crippen LogP contribution in [0.25, 0.3) is 11.3 Å². The summed E-state index contributed by atoms with van der Waals surface area (Å²) in [5.41, 5.74) is 17.0. The van der Waals surface area contributed by atoms with Crippen molar-refractivity contribution in [1.29, 1.82) is 0 Å². The highest BCUT2D eigenvalue weighted by Crippen LogP contribution is 2.38. The molecule has 0 radical (unpaired) electrons. The largest absolute Gasteiger partial charge is 0.382 e. The van der Waals surface area contributed by atoms with Crippen LogP contribution in [0.4, 0.5) is 17.3 Å². The second-order valence-electron chi connectivity index (χ2n) is 12.3. The fourth-order valence-corrected chi connectivity index (χ4v) is 6.61. The highest BCUT2D eigenvalue weighted by molar-refractivity contribution is 6.36. The molecular formula is C32H39ClN8O2. The first-order valence-corrected chi connectivity index (χ1v) is 15.4. The van der Waals surface area contributed by atoms with Gasteiger partial charge in [-0.15, -0.1) is 0 Å². The lowest BCUT2D eigenvalue weighted by molar-refractivity contribution is -0.134. The summed E-state index contributed by atoms with van der Waals surface area (Å²) in [5, 5.41) is 3.09. The van der Waals surface area contributed by atoms with Crippen molar-refractivity contribution in [3.63, 3.8) is 0 Å². The number of aromatic nitrogens is 2. The van der Waals surface area contributed by atoms with Gasteiger partial charge in [0, 0.05) is 63.3 Å². The van der Waals surface area contributed by atoms with Crippen molar-refractivity contribution < 1.29 is 9.59 Å². The molecule has 3 fully saturated rings. The van der Waals surface area contributed by atoms with E-state index < -0.39 is 0 Å². The van der Waals surface area contributed by atoms with Crippen LogP contribution in [0.15, 0.2) is 48.7 Å². The van der Waals surface area contributed by atoms with Crippen molar-refractivity contribution in [2.45, 2.75) is 50.6 Å². The second-order valence-corrected chi connectivity index (χ2v) is 12.6. The van der Waals surface area contributed by atoms with E-state index in [9.17, 15) is 9.59 Å².